The monoisotopic (exact) mass is 993 g/mol. The third kappa shape index (κ3) is 12.0. The molecule has 2 saturated heterocycles. The lowest BCUT2D eigenvalue weighted by Crippen LogP contribution is -2.45. The van der Waals surface area contributed by atoms with Crippen molar-refractivity contribution < 1.29 is 13.2 Å². The van der Waals surface area contributed by atoms with Crippen LogP contribution in [0.3, 0.4) is 0 Å². The Morgan fingerprint density at radius 2 is 1.08 bits per heavy atom. The topological polar surface area (TPSA) is 126 Å². The number of fused-ring (bicyclic) bond motifs is 2. The summed E-state index contributed by atoms with van der Waals surface area (Å²) in [5, 5.41) is 5.62. The van der Waals surface area contributed by atoms with Gasteiger partial charge in [0.1, 0.15) is 34.4 Å². The first-order chi connectivity index (χ1) is 35.2. The van der Waals surface area contributed by atoms with Crippen molar-refractivity contribution in [2.75, 3.05) is 65.4 Å². The quantitative estimate of drug-likeness (QED) is 0.103. The number of nitrogens with zero attached hydrogens (tertiary/aromatic N) is 14. The normalized spacial score (nSPS) is 15.2. The summed E-state index contributed by atoms with van der Waals surface area (Å²) in [6, 6.07) is 17.1. The Bertz CT molecular complexity index is 3150. The Balaban J connectivity index is 0.000000180. The molecule has 0 saturated carbocycles. The van der Waals surface area contributed by atoms with E-state index in [1.165, 1.54) is 17.8 Å². The first-order valence-electron chi connectivity index (χ1n) is 25.7. The van der Waals surface area contributed by atoms with E-state index in [1.807, 2.05) is 79.8 Å². The Hall–Kier alpha value is -6.53. The van der Waals surface area contributed by atoms with E-state index in [4.69, 9.17) is 0 Å². The minimum absolute atomic E-state index is 0.0720. The van der Waals surface area contributed by atoms with Crippen molar-refractivity contribution in [1.29, 1.82) is 0 Å². The van der Waals surface area contributed by atoms with Crippen LogP contribution in [0.25, 0.3) is 44.5 Å². The molecule has 382 valence electrons. The molecule has 0 atom stereocenters. The largest absolute Gasteiger partial charge is 0.326 e. The second-order valence-electron chi connectivity index (χ2n) is 19.9. The molecule has 0 unspecified atom stereocenters. The molecule has 0 radical (unpaired) electrons. The van der Waals surface area contributed by atoms with Crippen molar-refractivity contribution in [1.82, 2.24) is 68.8 Å². The van der Waals surface area contributed by atoms with Crippen LogP contribution < -0.4 is 0 Å². The highest BCUT2D eigenvalue weighted by atomic mass is 19.1. The zero-order valence-electron chi connectivity index (χ0n) is 43.5. The van der Waals surface area contributed by atoms with Crippen molar-refractivity contribution in [2.45, 2.75) is 86.4 Å². The molecule has 2 aliphatic rings. The predicted molar refractivity (Wildman–Crippen MR) is 280 cm³/mol. The molecule has 2 aliphatic heterocycles. The molecule has 14 nitrogen and oxygen atoms in total. The molecular weight excluding hydrogens is 926 g/mol. The number of rotatable bonds is 14. The van der Waals surface area contributed by atoms with Gasteiger partial charge in [-0.3, -0.25) is 24.4 Å². The van der Waals surface area contributed by atoms with E-state index in [9.17, 15) is 13.2 Å². The van der Waals surface area contributed by atoms with Gasteiger partial charge in [0.25, 0.3) is 0 Å². The fourth-order valence-electron chi connectivity index (χ4n) is 10.2. The van der Waals surface area contributed by atoms with Gasteiger partial charge in [-0.2, -0.15) is 5.10 Å². The second-order valence-corrected chi connectivity index (χ2v) is 19.9. The first-order valence-corrected chi connectivity index (χ1v) is 25.7. The van der Waals surface area contributed by atoms with Crippen LogP contribution >= 0.6 is 0 Å². The number of aryl methyl sites for hydroxylation is 2. The molecule has 0 spiro atoms. The standard InChI is InChI=1S/C28H33F2N7.C28H34FN7/c1-5-35-8-10-36(11-9-35)17-20-6-7-22(31-15-20)14-26-32-16-24(30)27(34-26)21-12-23(29)28-25(13-21)37(18(2)3)19(4)33-28;1-5-35-10-12-36(13-11-35)18-20-6-8-22(30-16-20)15-26-31-17-24(29)27(32-26)21-7-9-25-23(14-21)28(19(2)3)34(4)33-25/h6-7,12-13,15-16,18H,5,8-11,14,17H2,1-4H3;6-9,14,16-17,19H,5,10-13,15,18H2,1-4H3. The molecule has 0 N–H and O–H groups in total. The van der Waals surface area contributed by atoms with E-state index in [0.29, 0.717) is 53.0 Å². The lowest BCUT2D eigenvalue weighted by molar-refractivity contribution is 0.132. The molecular formula is C56H67F3N14. The fraction of sp³-hybridized carbons (Fsp3) is 0.429. The van der Waals surface area contributed by atoms with Crippen molar-refractivity contribution >= 4 is 21.9 Å². The molecule has 0 bridgehead atoms. The molecule has 10 rings (SSSR count). The summed E-state index contributed by atoms with van der Waals surface area (Å²) in [6.07, 6.45) is 7.06. The summed E-state index contributed by atoms with van der Waals surface area (Å²) in [7, 11) is 1.95. The van der Waals surface area contributed by atoms with Crippen LogP contribution in [0.5, 0.6) is 0 Å². The molecule has 2 fully saturated rings. The summed E-state index contributed by atoms with van der Waals surface area (Å²) in [5.41, 5.74) is 8.43. The Labute approximate surface area is 426 Å². The summed E-state index contributed by atoms with van der Waals surface area (Å²) in [6.45, 7) is 27.3. The summed E-state index contributed by atoms with van der Waals surface area (Å²) in [4.78, 5) is 40.9. The zero-order chi connectivity index (χ0) is 51.3. The molecule has 0 aliphatic carbocycles. The van der Waals surface area contributed by atoms with Crippen LogP contribution in [-0.4, -0.2) is 134 Å². The van der Waals surface area contributed by atoms with Crippen LogP contribution in [0.4, 0.5) is 13.2 Å². The van der Waals surface area contributed by atoms with Gasteiger partial charge in [0, 0.05) is 125 Å². The number of piperazine rings is 2. The Morgan fingerprint density at radius 1 is 0.562 bits per heavy atom. The highest BCUT2D eigenvalue weighted by Crippen LogP contribution is 2.32. The summed E-state index contributed by atoms with van der Waals surface area (Å²) >= 11 is 0. The molecule has 2 aromatic carbocycles. The minimum Gasteiger partial charge on any atom is -0.326 e. The highest BCUT2D eigenvalue weighted by Gasteiger charge is 2.21. The van der Waals surface area contributed by atoms with Crippen LogP contribution in [0.2, 0.25) is 0 Å². The number of hydrogen-bond donors (Lipinski definition) is 0. The van der Waals surface area contributed by atoms with Crippen molar-refractivity contribution in [3.63, 3.8) is 0 Å². The highest BCUT2D eigenvalue weighted by molar-refractivity contribution is 5.87. The maximum Gasteiger partial charge on any atom is 0.167 e. The molecule has 8 heterocycles. The predicted octanol–water partition coefficient (Wildman–Crippen LogP) is 9.20. The molecule has 8 aromatic rings. The maximum absolute atomic E-state index is 15.0. The van der Waals surface area contributed by atoms with E-state index in [-0.39, 0.29) is 17.3 Å². The number of pyridine rings is 2. The lowest BCUT2D eigenvalue weighted by Gasteiger charge is -2.33. The molecule has 73 heavy (non-hydrogen) atoms. The van der Waals surface area contributed by atoms with Gasteiger partial charge in [0.2, 0.25) is 0 Å². The Morgan fingerprint density at radius 3 is 1.56 bits per heavy atom. The average molecular weight is 993 g/mol. The fourth-order valence-corrected chi connectivity index (χ4v) is 10.2. The number of benzene rings is 2. The van der Waals surface area contributed by atoms with Crippen molar-refractivity contribution in [3.8, 4) is 22.5 Å². The molecule has 0 amide bonds. The first kappa shape index (κ1) is 51.4. The number of imidazole rings is 1. The van der Waals surface area contributed by atoms with Crippen molar-refractivity contribution in [2.24, 2.45) is 7.05 Å². The van der Waals surface area contributed by atoms with Gasteiger partial charge in [-0.05, 0) is 87.3 Å². The van der Waals surface area contributed by atoms with Gasteiger partial charge in [-0.1, -0.05) is 45.9 Å². The number of likely N-dealkylation sites (N-methyl/N-ethyl adjacent to an activating group) is 2. The van der Waals surface area contributed by atoms with Crippen LogP contribution in [-0.2, 0) is 33.0 Å². The van der Waals surface area contributed by atoms with Crippen LogP contribution in [0.15, 0.2) is 79.4 Å². The summed E-state index contributed by atoms with van der Waals surface area (Å²) < 4.78 is 48.4. The summed E-state index contributed by atoms with van der Waals surface area (Å²) in [5.74, 6) is 0.474. The number of halogens is 3. The van der Waals surface area contributed by atoms with E-state index in [1.54, 1.807) is 6.07 Å². The zero-order valence-corrected chi connectivity index (χ0v) is 43.5. The SMILES string of the molecule is CCN1CCN(Cc2ccc(Cc3ncc(F)c(-c4cc(F)c5nc(C)n(C(C)C)c5c4)n3)nc2)CC1.CCN1CCN(Cc2ccc(Cc3ncc(F)c(-c4ccc5nn(C)c(C(C)C)c5c4)n3)nc2)CC1. The molecule has 6 aromatic heterocycles. The van der Waals surface area contributed by atoms with Gasteiger partial charge < -0.3 is 14.4 Å². The van der Waals surface area contributed by atoms with Crippen LogP contribution in [0.1, 0.15) is 99.2 Å². The third-order valence-electron chi connectivity index (χ3n) is 14.1. The number of aromatic nitrogens is 10. The average Bonchev–Trinajstić information content (AvgIpc) is 3.92. The minimum atomic E-state index is -0.596. The van der Waals surface area contributed by atoms with Gasteiger partial charge >= 0.3 is 0 Å². The van der Waals surface area contributed by atoms with Crippen LogP contribution in [0, 0.1) is 24.4 Å². The van der Waals surface area contributed by atoms with E-state index < -0.39 is 17.5 Å². The van der Waals surface area contributed by atoms with Gasteiger partial charge in [-0.25, -0.2) is 38.1 Å². The third-order valence-corrected chi connectivity index (χ3v) is 14.1. The smallest absolute Gasteiger partial charge is 0.167 e. The lowest BCUT2D eigenvalue weighted by atomic mass is 10.0. The maximum atomic E-state index is 15.0. The van der Waals surface area contributed by atoms with E-state index >= 15 is 0 Å². The van der Waals surface area contributed by atoms with E-state index in [2.05, 4.69) is 99.4 Å². The van der Waals surface area contributed by atoms with E-state index in [0.717, 1.165) is 124 Å². The van der Waals surface area contributed by atoms with Gasteiger partial charge in [0.15, 0.2) is 17.5 Å². The second kappa shape index (κ2) is 22.7. The van der Waals surface area contributed by atoms with Crippen molar-refractivity contribution in [3.05, 3.63) is 143 Å². The van der Waals surface area contributed by atoms with Gasteiger partial charge in [-0.15, -0.1) is 0 Å². The Kier molecular flexibility index (Phi) is 16.0. The molecule has 17 heteroatoms. The number of hydrogen-bond acceptors (Lipinski definition) is 12. The van der Waals surface area contributed by atoms with Gasteiger partial charge in [0.05, 0.1) is 36.3 Å².